The zero-order chi connectivity index (χ0) is 13.0. The molecule has 1 amide bonds. The van der Waals surface area contributed by atoms with E-state index in [1.54, 1.807) is 19.9 Å². The molecule has 0 aliphatic carbocycles. The molecule has 1 rings (SSSR count). The number of hydrogen-bond acceptors (Lipinski definition) is 3. The number of para-hydroxylation sites is 1. The average molecular weight is 240 g/mol. The quantitative estimate of drug-likeness (QED) is 0.812. The van der Waals surface area contributed by atoms with E-state index in [1.165, 1.54) is 17.0 Å². The third-order valence-corrected chi connectivity index (χ3v) is 2.51. The Balaban J connectivity index is 3.20. The van der Waals surface area contributed by atoms with Crippen molar-refractivity contribution in [1.82, 2.24) is 0 Å². The van der Waals surface area contributed by atoms with Gasteiger partial charge in [0.1, 0.15) is 5.82 Å². The number of carbonyl (C=O) groups excluding carboxylic acids is 1. The summed E-state index contributed by atoms with van der Waals surface area (Å²) in [4.78, 5) is 12.4. The summed E-state index contributed by atoms with van der Waals surface area (Å²) < 4.78 is 13.8. The van der Waals surface area contributed by atoms with Crippen LogP contribution in [0.2, 0.25) is 0 Å². The summed E-state index contributed by atoms with van der Waals surface area (Å²) in [5.41, 5.74) is 5.81. The van der Waals surface area contributed by atoms with E-state index in [0.717, 1.165) is 0 Å². The number of primary amides is 1. The van der Waals surface area contributed by atoms with Crippen LogP contribution in [0.4, 0.5) is 10.1 Å². The summed E-state index contributed by atoms with van der Waals surface area (Å²) in [6.45, 7) is 3.71. The van der Waals surface area contributed by atoms with Gasteiger partial charge in [-0.15, -0.1) is 0 Å². The standard InChI is InChI=1S/C12H17FN2O2/c1-3-15(7-11(14)17)12-9(8(2)16)5-4-6-10(12)13/h4-6,8,16H,3,7H2,1-2H3,(H2,14,17)/t8-/m1/s1. The number of likely N-dealkylation sites (N-methyl/N-ethyl adjacent to an activating group) is 1. The van der Waals surface area contributed by atoms with Crippen LogP contribution in [-0.4, -0.2) is 24.1 Å². The van der Waals surface area contributed by atoms with Crippen molar-refractivity contribution in [2.75, 3.05) is 18.0 Å². The first-order valence-corrected chi connectivity index (χ1v) is 5.47. The maximum Gasteiger partial charge on any atom is 0.236 e. The molecular formula is C12H17FN2O2. The third-order valence-electron chi connectivity index (χ3n) is 2.51. The molecule has 0 fully saturated rings. The first-order chi connectivity index (χ1) is 7.97. The van der Waals surface area contributed by atoms with Crippen LogP contribution in [-0.2, 0) is 4.79 Å². The number of hydrogen-bond donors (Lipinski definition) is 2. The van der Waals surface area contributed by atoms with Gasteiger partial charge in [-0.1, -0.05) is 12.1 Å². The van der Waals surface area contributed by atoms with Gasteiger partial charge in [-0.25, -0.2) is 4.39 Å². The molecule has 94 valence electrons. The number of benzene rings is 1. The Morgan fingerprint density at radius 1 is 1.59 bits per heavy atom. The fourth-order valence-electron chi connectivity index (χ4n) is 1.74. The van der Waals surface area contributed by atoms with Gasteiger partial charge in [0, 0.05) is 12.1 Å². The molecule has 0 aromatic heterocycles. The summed E-state index contributed by atoms with van der Waals surface area (Å²) in [6.07, 6.45) is -0.803. The van der Waals surface area contributed by atoms with Crippen molar-refractivity contribution in [3.05, 3.63) is 29.6 Å². The molecule has 0 bridgehead atoms. The topological polar surface area (TPSA) is 66.6 Å². The van der Waals surface area contributed by atoms with E-state index in [2.05, 4.69) is 0 Å². The predicted molar refractivity (Wildman–Crippen MR) is 64.1 cm³/mol. The summed E-state index contributed by atoms with van der Waals surface area (Å²) >= 11 is 0. The lowest BCUT2D eigenvalue weighted by atomic mass is 10.1. The smallest absolute Gasteiger partial charge is 0.236 e. The Labute approximate surface area is 99.8 Å². The zero-order valence-electron chi connectivity index (χ0n) is 9.98. The van der Waals surface area contributed by atoms with E-state index in [0.29, 0.717) is 12.1 Å². The number of aliphatic hydroxyl groups is 1. The van der Waals surface area contributed by atoms with Crippen LogP contribution in [0, 0.1) is 5.82 Å². The molecule has 1 aromatic rings. The summed E-state index contributed by atoms with van der Waals surface area (Å²) in [7, 11) is 0. The second kappa shape index (κ2) is 5.63. The molecule has 0 saturated heterocycles. The molecule has 0 unspecified atom stereocenters. The van der Waals surface area contributed by atoms with Crippen LogP contribution < -0.4 is 10.6 Å². The van der Waals surface area contributed by atoms with Crippen molar-refractivity contribution >= 4 is 11.6 Å². The van der Waals surface area contributed by atoms with Gasteiger partial charge in [-0.3, -0.25) is 4.79 Å². The van der Waals surface area contributed by atoms with Crippen molar-refractivity contribution in [2.45, 2.75) is 20.0 Å². The van der Waals surface area contributed by atoms with Crippen LogP contribution in [0.25, 0.3) is 0 Å². The zero-order valence-corrected chi connectivity index (χ0v) is 9.98. The molecule has 0 aliphatic heterocycles. The lowest BCUT2D eigenvalue weighted by Crippen LogP contribution is -2.35. The predicted octanol–water partition coefficient (Wildman–Crippen LogP) is 1.19. The van der Waals surface area contributed by atoms with Crippen LogP contribution in [0.15, 0.2) is 18.2 Å². The molecule has 1 atom stereocenters. The second-order valence-corrected chi connectivity index (χ2v) is 3.83. The number of nitrogens with two attached hydrogens (primary N) is 1. The van der Waals surface area contributed by atoms with E-state index in [1.807, 2.05) is 0 Å². The van der Waals surface area contributed by atoms with Crippen molar-refractivity contribution in [3.63, 3.8) is 0 Å². The van der Waals surface area contributed by atoms with Gasteiger partial charge in [-0.05, 0) is 19.9 Å². The highest BCUT2D eigenvalue weighted by atomic mass is 19.1. The number of rotatable bonds is 5. The normalized spacial score (nSPS) is 12.2. The van der Waals surface area contributed by atoms with Crippen molar-refractivity contribution in [1.29, 1.82) is 0 Å². The van der Waals surface area contributed by atoms with E-state index in [-0.39, 0.29) is 12.2 Å². The van der Waals surface area contributed by atoms with E-state index < -0.39 is 17.8 Å². The maximum absolute atomic E-state index is 13.8. The van der Waals surface area contributed by atoms with Crippen LogP contribution in [0.3, 0.4) is 0 Å². The molecule has 0 saturated carbocycles. The molecular weight excluding hydrogens is 223 g/mol. The lowest BCUT2D eigenvalue weighted by molar-refractivity contribution is -0.116. The van der Waals surface area contributed by atoms with Gasteiger partial charge in [0.25, 0.3) is 0 Å². The summed E-state index contributed by atoms with van der Waals surface area (Å²) in [5.74, 6) is -1.00. The molecule has 0 spiro atoms. The highest BCUT2D eigenvalue weighted by Gasteiger charge is 2.18. The minimum Gasteiger partial charge on any atom is -0.389 e. The van der Waals surface area contributed by atoms with Gasteiger partial charge in [-0.2, -0.15) is 0 Å². The van der Waals surface area contributed by atoms with Gasteiger partial charge < -0.3 is 15.7 Å². The monoisotopic (exact) mass is 240 g/mol. The third kappa shape index (κ3) is 3.17. The molecule has 3 N–H and O–H groups in total. The SMILES string of the molecule is CCN(CC(N)=O)c1c(F)cccc1[C@@H](C)O. The van der Waals surface area contributed by atoms with Crippen LogP contribution in [0.1, 0.15) is 25.5 Å². The largest absolute Gasteiger partial charge is 0.389 e. The summed E-state index contributed by atoms with van der Waals surface area (Å²) in [6, 6.07) is 4.45. The Morgan fingerprint density at radius 2 is 2.24 bits per heavy atom. The Bertz CT molecular complexity index is 407. The van der Waals surface area contributed by atoms with E-state index in [9.17, 15) is 14.3 Å². The van der Waals surface area contributed by atoms with Gasteiger partial charge in [0.05, 0.1) is 18.3 Å². The average Bonchev–Trinajstić information content (AvgIpc) is 2.25. The summed E-state index contributed by atoms with van der Waals surface area (Å²) in [5, 5.41) is 9.60. The van der Waals surface area contributed by atoms with Crippen molar-refractivity contribution in [2.24, 2.45) is 5.73 Å². The first kappa shape index (κ1) is 13.4. The number of halogens is 1. The van der Waals surface area contributed by atoms with Gasteiger partial charge >= 0.3 is 0 Å². The maximum atomic E-state index is 13.8. The fourth-order valence-corrected chi connectivity index (χ4v) is 1.74. The molecule has 0 heterocycles. The first-order valence-electron chi connectivity index (χ1n) is 5.47. The van der Waals surface area contributed by atoms with Crippen molar-refractivity contribution in [3.8, 4) is 0 Å². The molecule has 17 heavy (non-hydrogen) atoms. The second-order valence-electron chi connectivity index (χ2n) is 3.83. The fraction of sp³-hybridized carbons (Fsp3) is 0.417. The number of amides is 1. The Hall–Kier alpha value is -1.62. The Kier molecular flexibility index (Phi) is 4.45. The highest BCUT2D eigenvalue weighted by molar-refractivity contribution is 5.80. The van der Waals surface area contributed by atoms with Gasteiger partial charge in [0.2, 0.25) is 5.91 Å². The van der Waals surface area contributed by atoms with E-state index in [4.69, 9.17) is 5.73 Å². The van der Waals surface area contributed by atoms with Gasteiger partial charge in [0.15, 0.2) is 0 Å². The number of nitrogens with zero attached hydrogens (tertiary/aromatic N) is 1. The highest BCUT2D eigenvalue weighted by Crippen LogP contribution is 2.29. The number of anilines is 1. The molecule has 4 nitrogen and oxygen atoms in total. The minimum atomic E-state index is -0.803. The molecule has 0 aliphatic rings. The lowest BCUT2D eigenvalue weighted by Gasteiger charge is -2.25. The molecule has 5 heteroatoms. The minimum absolute atomic E-state index is 0.0723. The number of carbonyl (C=O) groups is 1. The van der Waals surface area contributed by atoms with Crippen LogP contribution in [0.5, 0.6) is 0 Å². The van der Waals surface area contributed by atoms with Crippen LogP contribution >= 0.6 is 0 Å². The number of aliphatic hydroxyl groups excluding tert-OH is 1. The molecule has 1 aromatic carbocycles. The van der Waals surface area contributed by atoms with Crippen molar-refractivity contribution < 1.29 is 14.3 Å². The van der Waals surface area contributed by atoms with E-state index >= 15 is 0 Å². The Morgan fingerprint density at radius 3 is 2.71 bits per heavy atom. The molecule has 0 radical (unpaired) electrons.